The van der Waals surface area contributed by atoms with Crippen LogP contribution in [0.15, 0.2) is 29.2 Å². The van der Waals surface area contributed by atoms with Crippen LogP contribution in [-0.2, 0) is 30.9 Å². The summed E-state index contributed by atoms with van der Waals surface area (Å²) in [7, 11) is -3.06. The summed E-state index contributed by atoms with van der Waals surface area (Å²) in [4.78, 5) is 49.2. The molecule has 2 rings (SSSR count). The molecule has 32 heavy (non-hydrogen) atoms. The molecular formula is C20H28N4O7S. The first kappa shape index (κ1) is 25.1. The van der Waals surface area contributed by atoms with E-state index >= 15 is 0 Å². The van der Waals surface area contributed by atoms with Crippen LogP contribution in [0.25, 0.3) is 0 Å². The van der Waals surface area contributed by atoms with Crippen LogP contribution in [0.2, 0.25) is 0 Å². The van der Waals surface area contributed by atoms with E-state index in [1.54, 1.807) is 13.8 Å². The number of methoxy groups -OCH3 is 1. The zero-order valence-electron chi connectivity index (χ0n) is 18.5. The first-order valence-electron chi connectivity index (χ1n) is 9.99. The van der Waals surface area contributed by atoms with Crippen molar-refractivity contribution in [3.8, 4) is 0 Å². The third kappa shape index (κ3) is 5.75. The number of imide groups is 1. The van der Waals surface area contributed by atoms with E-state index in [0.29, 0.717) is 5.56 Å². The molecule has 1 saturated heterocycles. The fourth-order valence-corrected chi connectivity index (χ4v) is 3.99. The summed E-state index contributed by atoms with van der Waals surface area (Å²) in [5.41, 5.74) is 0.534. The van der Waals surface area contributed by atoms with Gasteiger partial charge >= 0.3 is 18.0 Å². The molecule has 1 aliphatic rings. The Balaban J connectivity index is 2.06. The highest BCUT2D eigenvalue weighted by atomic mass is 32.2. The monoisotopic (exact) mass is 468 g/mol. The molecule has 1 aromatic rings. The smallest absolute Gasteiger partial charge is 0.329 e. The number of sulfonamides is 1. The number of urea groups is 2. The number of hydrogen-bond acceptors (Lipinski definition) is 7. The van der Waals surface area contributed by atoms with Crippen molar-refractivity contribution in [2.75, 3.05) is 7.11 Å². The van der Waals surface area contributed by atoms with Gasteiger partial charge in [-0.1, -0.05) is 39.8 Å². The summed E-state index contributed by atoms with van der Waals surface area (Å²) in [5.74, 6) is -1.42. The molecule has 12 heteroatoms. The lowest BCUT2D eigenvalue weighted by Crippen LogP contribution is -2.50. The molecular weight excluding hydrogens is 440 g/mol. The van der Waals surface area contributed by atoms with E-state index in [4.69, 9.17) is 0 Å². The van der Waals surface area contributed by atoms with Gasteiger partial charge in [0.1, 0.15) is 12.1 Å². The predicted molar refractivity (Wildman–Crippen MR) is 114 cm³/mol. The molecule has 11 nitrogen and oxygen atoms in total. The van der Waals surface area contributed by atoms with E-state index in [2.05, 4.69) is 15.4 Å². The average Bonchev–Trinajstić information content (AvgIpc) is 2.99. The Bertz CT molecular complexity index is 990. The van der Waals surface area contributed by atoms with Crippen molar-refractivity contribution in [1.82, 2.24) is 20.3 Å². The maximum atomic E-state index is 12.5. The second-order valence-electron chi connectivity index (χ2n) is 8.06. The standard InChI is InChI=1S/C20H28N4O7S/c1-11(2)15-17(25)24(20(28)22-15)10-13-6-8-14(9-7-13)32(29,30)23-19(27)21-16(12(3)4)18(26)31-5/h6-9,11-12,15-16H,10H2,1-5H3,(H,22,28)(H2,21,23,27)/t15-,16-/m1/s1. The molecule has 0 bridgehead atoms. The molecule has 1 heterocycles. The van der Waals surface area contributed by atoms with Crippen LogP contribution in [-0.4, -0.2) is 56.4 Å². The normalized spacial score (nSPS) is 17.3. The van der Waals surface area contributed by atoms with Gasteiger partial charge in [-0.15, -0.1) is 0 Å². The third-order valence-electron chi connectivity index (χ3n) is 4.93. The van der Waals surface area contributed by atoms with Gasteiger partial charge in [0.05, 0.1) is 18.6 Å². The minimum absolute atomic E-state index is 0.0165. The van der Waals surface area contributed by atoms with E-state index in [1.807, 2.05) is 18.6 Å². The van der Waals surface area contributed by atoms with Crippen molar-refractivity contribution in [3.63, 3.8) is 0 Å². The molecule has 0 unspecified atom stereocenters. The Morgan fingerprint density at radius 1 is 1.12 bits per heavy atom. The van der Waals surface area contributed by atoms with Crippen molar-refractivity contribution < 1.29 is 32.3 Å². The van der Waals surface area contributed by atoms with Crippen molar-refractivity contribution in [2.45, 2.75) is 51.2 Å². The van der Waals surface area contributed by atoms with Gasteiger partial charge in [0.15, 0.2) is 0 Å². The van der Waals surface area contributed by atoms with Gasteiger partial charge in [-0.05, 0) is 29.5 Å². The van der Waals surface area contributed by atoms with Crippen LogP contribution in [0.1, 0.15) is 33.3 Å². The van der Waals surface area contributed by atoms with Gasteiger partial charge in [0.2, 0.25) is 0 Å². The largest absolute Gasteiger partial charge is 0.467 e. The van der Waals surface area contributed by atoms with E-state index < -0.39 is 40.1 Å². The summed E-state index contributed by atoms with van der Waals surface area (Å²) in [6.45, 7) is 6.97. The number of benzene rings is 1. The lowest BCUT2D eigenvalue weighted by atomic mass is 10.0. The fraction of sp³-hybridized carbons (Fsp3) is 0.500. The van der Waals surface area contributed by atoms with Gasteiger partial charge in [0.25, 0.3) is 15.9 Å². The van der Waals surface area contributed by atoms with Crippen molar-refractivity contribution in [3.05, 3.63) is 29.8 Å². The van der Waals surface area contributed by atoms with Crippen molar-refractivity contribution in [2.24, 2.45) is 11.8 Å². The molecule has 0 saturated carbocycles. The maximum Gasteiger partial charge on any atom is 0.329 e. The van der Waals surface area contributed by atoms with Gasteiger partial charge < -0.3 is 15.4 Å². The van der Waals surface area contributed by atoms with Crippen LogP contribution in [0.3, 0.4) is 0 Å². The number of nitrogens with zero attached hydrogens (tertiary/aromatic N) is 1. The molecule has 3 N–H and O–H groups in total. The number of amides is 5. The number of carbonyl (C=O) groups is 4. The van der Waals surface area contributed by atoms with Crippen LogP contribution in [0.5, 0.6) is 0 Å². The van der Waals surface area contributed by atoms with Crippen molar-refractivity contribution in [1.29, 1.82) is 0 Å². The van der Waals surface area contributed by atoms with Crippen LogP contribution < -0.4 is 15.4 Å². The SMILES string of the molecule is COC(=O)[C@H](NC(=O)NS(=O)(=O)c1ccc(CN2C(=O)N[C@H](C(C)C)C2=O)cc1)C(C)C. The van der Waals surface area contributed by atoms with Gasteiger partial charge in [-0.25, -0.2) is 27.5 Å². The van der Waals surface area contributed by atoms with E-state index in [9.17, 15) is 27.6 Å². The zero-order chi connectivity index (χ0) is 24.2. The number of rotatable bonds is 8. The Morgan fingerprint density at radius 2 is 1.72 bits per heavy atom. The summed E-state index contributed by atoms with van der Waals surface area (Å²) >= 11 is 0. The quantitative estimate of drug-likeness (QED) is 0.379. The lowest BCUT2D eigenvalue weighted by Gasteiger charge is -2.20. The highest BCUT2D eigenvalue weighted by Gasteiger charge is 2.39. The van der Waals surface area contributed by atoms with Crippen molar-refractivity contribution >= 4 is 34.0 Å². The molecule has 0 radical (unpaired) electrons. The number of carbonyl (C=O) groups excluding carboxylic acids is 4. The van der Waals surface area contributed by atoms with Gasteiger partial charge in [-0.3, -0.25) is 9.69 Å². The number of hydrogen-bond donors (Lipinski definition) is 3. The molecule has 176 valence electrons. The van der Waals surface area contributed by atoms with Gasteiger partial charge in [0, 0.05) is 0 Å². The molecule has 0 aromatic heterocycles. The van der Waals surface area contributed by atoms with E-state index in [-0.39, 0.29) is 29.2 Å². The minimum Gasteiger partial charge on any atom is -0.467 e. The summed E-state index contributed by atoms with van der Waals surface area (Å²) in [5, 5.41) is 4.90. The second-order valence-corrected chi connectivity index (χ2v) is 9.75. The average molecular weight is 469 g/mol. The first-order valence-corrected chi connectivity index (χ1v) is 11.5. The summed E-state index contributed by atoms with van der Waals surface area (Å²) in [6.07, 6.45) is 0. The predicted octanol–water partition coefficient (Wildman–Crippen LogP) is 0.949. The Hall–Kier alpha value is -3.15. The van der Waals surface area contributed by atoms with Gasteiger partial charge in [-0.2, -0.15) is 0 Å². The highest BCUT2D eigenvalue weighted by Crippen LogP contribution is 2.18. The Morgan fingerprint density at radius 3 is 2.19 bits per heavy atom. The van der Waals surface area contributed by atoms with E-state index in [0.717, 1.165) is 12.0 Å². The van der Waals surface area contributed by atoms with Crippen LogP contribution in [0.4, 0.5) is 9.59 Å². The second kappa shape index (κ2) is 9.98. The third-order valence-corrected chi connectivity index (χ3v) is 6.28. The lowest BCUT2D eigenvalue weighted by molar-refractivity contribution is -0.144. The highest BCUT2D eigenvalue weighted by molar-refractivity contribution is 7.90. The molecule has 1 aromatic carbocycles. The summed E-state index contributed by atoms with van der Waals surface area (Å²) < 4.78 is 31.4. The Kier molecular flexibility index (Phi) is 7.83. The fourth-order valence-electron chi connectivity index (χ4n) is 3.08. The van der Waals surface area contributed by atoms with Crippen LogP contribution in [0, 0.1) is 11.8 Å². The molecule has 2 atom stereocenters. The zero-order valence-corrected chi connectivity index (χ0v) is 19.4. The molecule has 0 aliphatic carbocycles. The maximum absolute atomic E-state index is 12.5. The Labute approximate surface area is 186 Å². The first-order chi connectivity index (χ1) is 14.9. The molecule has 1 fully saturated rings. The molecule has 1 aliphatic heterocycles. The summed E-state index contributed by atoms with van der Waals surface area (Å²) in [6, 6.07) is 2.21. The number of esters is 1. The van der Waals surface area contributed by atoms with E-state index in [1.165, 1.54) is 24.3 Å². The molecule has 5 amide bonds. The minimum atomic E-state index is -4.22. The molecule has 0 spiro atoms. The number of nitrogens with one attached hydrogen (secondary N) is 3. The number of ether oxygens (including phenoxy) is 1. The topological polar surface area (TPSA) is 151 Å². The van der Waals surface area contributed by atoms with Crippen LogP contribution >= 0.6 is 0 Å².